The Bertz CT molecular complexity index is 680. The normalized spacial score (nSPS) is 14.2. The smallest absolute Gasteiger partial charge is 0.247 e. The van der Waals surface area contributed by atoms with Crippen LogP contribution in [0.4, 0.5) is 4.39 Å². The lowest BCUT2D eigenvalue weighted by molar-refractivity contribution is -0.127. The van der Waals surface area contributed by atoms with Crippen molar-refractivity contribution in [3.63, 3.8) is 0 Å². The second-order valence-electron chi connectivity index (χ2n) is 5.44. The molecular formula is C18H17FN2O. The largest absolute Gasteiger partial charge is 0.332 e. The van der Waals surface area contributed by atoms with Crippen molar-refractivity contribution in [3.8, 4) is 0 Å². The SMILES string of the molecule is O=C(/C=C/c1cccc(F)c1)N(Cc1ccncc1)C1CC1. The topological polar surface area (TPSA) is 33.2 Å². The van der Waals surface area contributed by atoms with Gasteiger partial charge in [-0.2, -0.15) is 0 Å². The average Bonchev–Trinajstić information content (AvgIpc) is 3.36. The fourth-order valence-electron chi connectivity index (χ4n) is 2.33. The molecule has 0 unspecified atom stereocenters. The maximum Gasteiger partial charge on any atom is 0.247 e. The zero-order valence-corrected chi connectivity index (χ0v) is 12.2. The van der Waals surface area contributed by atoms with Crippen molar-refractivity contribution < 1.29 is 9.18 Å². The Morgan fingerprint density at radius 1 is 1.27 bits per heavy atom. The number of pyridine rings is 1. The molecule has 1 saturated carbocycles. The first-order valence-electron chi connectivity index (χ1n) is 7.35. The Hall–Kier alpha value is -2.49. The summed E-state index contributed by atoms with van der Waals surface area (Å²) in [5.74, 6) is -0.339. The summed E-state index contributed by atoms with van der Waals surface area (Å²) in [5.41, 5.74) is 1.75. The van der Waals surface area contributed by atoms with Crippen molar-refractivity contribution in [1.29, 1.82) is 0 Å². The van der Waals surface area contributed by atoms with E-state index in [1.165, 1.54) is 18.2 Å². The number of nitrogens with zero attached hydrogens (tertiary/aromatic N) is 2. The predicted octanol–water partition coefficient (Wildman–Crippen LogP) is 3.43. The zero-order chi connectivity index (χ0) is 15.4. The van der Waals surface area contributed by atoms with E-state index in [1.54, 1.807) is 30.6 Å². The molecule has 1 fully saturated rings. The molecule has 3 rings (SSSR count). The van der Waals surface area contributed by atoms with Crippen LogP contribution in [0.15, 0.2) is 54.9 Å². The quantitative estimate of drug-likeness (QED) is 0.792. The molecule has 1 amide bonds. The Labute approximate surface area is 129 Å². The molecule has 0 spiro atoms. The van der Waals surface area contributed by atoms with Crippen LogP contribution in [0, 0.1) is 5.82 Å². The summed E-state index contributed by atoms with van der Waals surface area (Å²) in [7, 11) is 0. The second-order valence-corrected chi connectivity index (χ2v) is 5.44. The Kier molecular flexibility index (Phi) is 4.28. The Balaban J connectivity index is 1.70. The van der Waals surface area contributed by atoms with Crippen LogP contribution >= 0.6 is 0 Å². The monoisotopic (exact) mass is 296 g/mol. The molecule has 112 valence electrons. The number of carbonyl (C=O) groups is 1. The van der Waals surface area contributed by atoms with Crippen LogP contribution in [-0.4, -0.2) is 21.8 Å². The number of rotatable bonds is 5. The van der Waals surface area contributed by atoms with Gasteiger partial charge in [0, 0.05) is 31.1 Å². The molecule has 0 saturated heterocycles. The lowest BCUT2D eigenvalue weighted by Gasteiger charge is -2.20. The van der Waals surface area contributed by atoms with E-state index < -0.39 is 0 Å². The van der Waals surface area contributed by atoms with Crippen LogP contribution in [0.1, 0.15) is 24.0 Å². The van der Waals surface area contributed by atoms with Gasteiger partial charge in [-0.3, -0.25) is 9.78 Å². The third-order valence-corrected chi connectivity index (χ3v) is 3.64. The Morgan fingerprint density at radius 3 is 2.73 bits per heavy atom. The third-order valence-electron chi connectivity index (χ3n) is 3.64. The summed E-state index contributed by atoms with van der Waals surface area (Å²) in [5, 5.41) is 0. The first-order valence-corrected chi connectivity index (χ1v) is 7.35. The van der Waals surface area contributed by atoms with Gasteiger partial charge in [0.1, 0.15) is 5.82 Å². The van der Waals surface area contributed by atoms with Gasteiger partial charge in [0.25, 0.3) is 0 Å². The van der Waals surface area contributed by atoms with Crippen LogP contribution < -0.4 is 0 Å². The summed E-state index contributed by atoms with van der Waals surface area (Å²) in [6.07, 6.45) is 8.73. The fourth-order valence-corrected chi connectivity index (χ4v) is 2.33. The van der Waals surface area contributed by atoms with Gasteiger partial charge >= 0.3 is 0 Å². The lowest BCUT2D eigenvalue weighted by Crippen LogP contribution is -2.31. The summed E-state index contributed by atoms with van der Waals surface area (Å²) in [6.45, 7) is 0.583. The molecule has 0 aliphatic heterocycles. The number of hydrogen-bond donors (Lipinski definition) is 0. The van der Waals surface area contributed by atoms with E-state index in [0.717, 1.165) is 18.4 Å². The van der Waals surface area contributed by atoms with Crippen LogP contribution in [0.25, 0.3) is 6.08 Å². The zero-order valence-electron chi connectivity index (χ0n) is 12.2. The van der Waals surface area contributed by atoms with Gasteiger partial charge in [-0.25, -0.2) is 4.39 Å². The number of amides is 1. The van der Waals surface area contributed by atoms with Gasteiger partial charge < -0.3 is 4.90 Å². The van der Waals surface area contributed by atoms with Crippen molar-refractivity contribution in [3.05, 3.63) is 71.8 Å². The first kappa shape index (κ1) is 14.4. The van der Waals surface area contributed by atoms with E-state index in [9.17, 15) is 9.18 Å². The summed E-state index contributed by atoms with van der Waals surface area (Å²) in [4.78, 5) is 18.3. The number of benzene rings is 1. The fraction of sp³-hybridized carbons (Fsp3) is 0.222. The van der Waals surface area contributed by atoms with Gasteiger partial charge in [-0.1, -0.05) is 12.1 Å². The molecule has 2 aromatic rings. The molecule has 1 aromatic heterocycles. The molecule has 1 aliphatic carbocycles. The van der Waals surface area contributed by atoms with Crippen LogP contribution in [-0.2, 0) is 11.3 Å². The molecule has 0 N–H and O–H groups in total. The van der Waals surface area contributed by atoms with Gasteiger partial charge in [0.05, 0.1) is 0 Å². The molecule has 22 heavy (non-hydrogen) atoms. The van der Waals surface area contributed by atoms with Crippen LogP contribution in [0.3, 0.4) is 0 Å². The van der Waals surface area contributed by atoms with Gasteiger partial charge in [0.2, 0.25) is 5.91 Å². The summed E-state index contributed by atoms with van der Waals surface area (Å²) in [6, 6.07) is 10.4. The molecule has 0 bridgehead atoms. The van der Waals surface area contributed by atoms with E-state index >= 15 is 0 Å². The third kappa shape index (κ3) is 3.79. The number of aromatic nitrogens is 1. The first-order chi connectivity index (χ1) is 10.7. The minimum atomic E-state index is -0.301. The predicted molar refractivity (Wildman–Crippen MR) is 83.2 cm³/mol. The van der Waals surface area contributed by atoms with Crippen molar-refractivity contribution in [2.75, 3.05) is 0 Å². The molecule has 0 radical (unpaired) electrons. The molecule has 1 aromatic carbocycles. The second kappa shape index (κ2) is 6.52. The van der Waals surface area contributed by atoms with Crippen LogP contribution in [0.2, 0.25) is 0 Å². The number of halogens is 1. The molecule has 4 heteroatoms. The van der Waals surface area contributed by atoms with Gasteiger partial charge in [0.15, 0.2) is 0 Å². The number of carbonyl (C=O) groups excluding carboxylic acids is 1. The van der Waals surface area contributed by atoms with Crippen molar-refractivity contribution >= 4 is 12.0 Å². The van der Waals surface area contributed by atoms with E-state index in [2.05, 4.69) is 4.98 Å². The molecule has 1 aliphatic rings. The highest BCUT2D eigenvalue weighted by atomic mass is 19.1. The lowest BCUT2D eigenvalue weighted by atomic mass is 10.2. The van der Waals surface area contributed by atoms with Gasteiger partial charge in [-0.05, 0) is 54.3 Å². The van der Waals surface area contributed by atoms with Crippen molar-refractivity contribution in [2.24, 2.45) is 0 Å². The van der Waals surface area contributed by atoms with E-state index in [0.29, 0.717) is 18.2 Å². The summed E-state index contributed by atoms with van der Waals surface area (Å²) < 4.78 is 13.1. The van der Waals surface area contributed by atoms with E-state index in [-0.39, 0.29) is 11.7 Å². The van der Waals surface area contributed by atoms with Crippen molar-refractivity contribution in [2.45, 2.75) is 25.4 Å². The molecule has 3 nitrogen and oxygen atoms in total. The van der Waals surface area contributed by atoms with Crippen molar-refractivity contribution in [1.82, 2.24) is 9.88 Å². The van der Waals surface area contributed by atoms with Crippen LogP contribution in [0.5, 0.6) is 0 Å². The maximum atomic E-state index is 13.1. The average molecular weight is 296 g/mol. The summed E-state index contributed by atoms with van der Waals surface area (Å²) >= 11 is 0. The van der Waals surface area contributed by atoms with E-state index in [1.807, 2.05) is 17.0 Å². The highest BCUT2D eigenvalue weighted by Gasteiger charge is 2.31. The molecular weight excluding hydrogens is 279 g/mol. The minimum absolute atomic E-state index is 0.0384. The minimum Gasteiger partial charge on any atom is -0.332 e. The maximum absolute atomic E-state index is 13.1. The number of hydrogen-bond acceptors (Lipinski definition) is 2. The highest BCUT2D eigenvalue weighted by Crippen LogP contribution is 2.28. The Morgan fingerprint density at radius 2 is 2.05 bits per heavy atom. The molecule has 0 atom stereocenters. The van der Waals surface area contributed by atoms with Gasteiger partial charge in [-0.15, -0.1) is 0 Å². The molecule has 1 heterocycles. The van der Waals surface area contributed by atoms with E-state index in [4.69, 9.17) is 0 Å². The standard InChI is InChI=1S/C18H17FN2O/c19-16-3-1-2-14(12-16)4-7-18(22)21(17-5-6-17)13-15-8-10-20-11-9-15/h1-4,7-12,17H,5-6,13H2/b7-4+. The highest BCUT2D eigenvalue weighted by molar-refractivity contribution is 5.92.